The van der Waals surface area contributed by atoms with Crippen LogP contribution in [0.1, 0.15) is 5.56 Å². The zero-order chi connectivity index (χ0) is 15.2. The monoisotopic (exact) mass is 278 g/mol. The van der Waals surface area contributed by atoms with Crippen molar-refractivity contribution in [1.82, 2.24) is 0 Å². The number of rotatable bonds is 4. The van der Waals surface area contributed by atoms with E-state index in [2.05, 4.69) is 0 Å². The van der Waals surface area contributed by atoms with Crippen LogP contribution < -0.4 is 10.5 Å². The SMILES string of the molecule is COc1ccccc1-c1ccc(C=C(C#N)C(N)=O)cc1. The first kappa shape index (κ1) is 14.4. The maximum Gasteiger partial charge on any atom is 0.259 e. The molecule has 4 heteroatoms. The van der Waals surface area contributed by atoms with Crippen molar-refractivity contribution in [3.05, 3.63) is 59.7 Å². The highest BCUT2D eigenvalue weighted by atomic mass is 16.5. The van der Waals surface area contributed by atoms with Crippen molar-refractivity contribution in [2.24, 2.45) is 5.73 Å². The van der Waals surface area contributed by atoms with E-state index in [0.717, 1.165) is 22.4 Å². The van der Waals surface area contributed by atoms with Gasteiger partial charge >= 0.3 is 0 Å². The van der Waals surface area contributed by atoms with E-state index in [4.69, 9.17) is 15.7 Å². The molecule has 0 saturated heterocycles. The first-order chi connectivity index (χ1) is 10.2. The van der Waals surface area contributed by atoms with Gasteiger partial charge in [-0.1, -0.05) is 42.5 Å². The van der Waals surface area contributed by atoms with Gasteiger partial charge in [0, 0.05) is 5.56 Å². The van der Waals surface area contributed by atoms with Gasteiger partial charge in [-0.25, -0.2) is 0 Å². The van der Waals surface area contributed by atoms with Crippen molar-refractivity contribution in [3.63, 3.8) is 0 Å². The fourth-order valence-electron chi connectivity index (χ4n) is 1.97. The number of para-hydroxylation sites is 1. The Morgan fingerprint density at radius 2 is 1.86 bits per heavy atom. The van der Waals surface area contributed by atoms with Gasteiger partial charge in [-0.2, -0.15) is 5.26 Å². The van der Waals surface area contributed by atoms with Gasteiger partial charge in [-0.15, -0.1) is 0 Å². The molecule has 21 heavy (non-hydrogen) atoms. The Bertz CT molecular complexity index is 725. The molecule has 0 aliphatic rings. The first-order valence-electron chi connectivity index (χ1n) is 6.30. The van der Waals surface area contributed by atoms with Crippen molar-refractivity contribution in [2.75, 3.05) is 7.11 Å². The molecule has 1 amide bonds. The molecule has 0 aromatic heterocycles. The van der Waals surface area contributed by atoms with Crippen molar-refractivity contribution in [1.29, 1.82) is 5.26 Å². The van der Waals surface area contributed by atoms with Crippen LogP contribution in [0.2, 0.25) is 0 Å². The second-order valence-electron chi connectivity index (χ2n) is 4.36. The average Bonchev–Trinajstić information content (AvgIpc) is 2.52. The fraction of sp³-hybridized carbons (Fsp3) is 0.0588. The number of carbonyl (C=O) groups is 1. The molecule has 0 saturated carbocycles. The number of nitrogens with two attached hydrogens (primary N) is 1. The van der Waals surface area contributed by atoms with Gasteiger partial charge in [0.15, 0.2) is 0 Å². The van der Waals surface area contributed by atoms with Gasteiger partial charge < -0.3 is 10.5 Å². The third-order valence-electron chi connectivity index (χ3n) is 3.03. The average molecular weight is 278 g/mol. The molecule has 104 valence electrons. The Morgan fingerprint density at radius 1 is 1.19 bits per heavy atom. The molecular formula is C17H14N2O2. The number of benzene rings is 2. The van der Waals surface area contributed by atoms with Gasteiger partial charge in [0.05, 0.1) is 7.11 Å². The maximum absolute atomic E-state index is 11.0. The number of hydrogen-bond donors (Lipinski definition) is 1. The zero-order valence-corrected chi connectivity index (χ0v) is 11.5. The van der Waals surface area contributed by atoms with Crippen LogP contribution in [-0.4, -0.2) is 13.0 Å². The van der Waals surface area contributed by atoms with Crippen LogP contribution in [0.25, 0.3) is 17.2 Å². The van der Waals surface area contributed by atoms with Crippen LogP contribution in [0.4, 0.5) is 0 Å². The van der Waals surface area contributed by atoms with E-state index in [1.807, 2.05) is 48.5 Å². The molecule has 0 aliphatic carbocycles. The number of nitriles is 1. The zero-order valence-electron chi connectivity index (χ0n) is 11.5. The minimum Gasteiger partial charge on any atom is -0.496 e. The van der Waals surface area contributed by atoms with Crippen molar-refractivity contribution in [2.45, 2.75) is 0 Å². The molecule has 2 aromatic carbocycles. The summed E-state index contributed by atoms with van der Waals surface area (Å²) in [5, 5.41) is 8.82. The largest absolute Gasteiger partial charge is 0.496 e. The van der Waals surface area contributed by atoms with Gasteiger partial charge in [0.25, 0.3) is 5.91 Å². The van der Waals surface area contributed by atoms with Gasteiger partial charge in [-0.3, -0.25) is 4.79 Å². The normalized spacial score (nSPS) is 10.8. The van der Waals surface area contributed by atoms with E-state index in [1.54, 1.807) is 13.2 Å². The number of hydrogen-bond acceptors (Lipinski definition) is 3. The topological polar surface area (TPSA) is 76.1 Å². The molecule has 2 aromatic rings. The third kappa shape index (κ3) is 3.28. The van der Waals surface area contributed by atoms with Crippen molar-refractivity contribution in [3.8, 4) is 22.9 Å². The fourth-order valence-corrected chi connectivity index (χ4v) is 1.97. The Kier molecular flexibility index (Phi) is 4.37. The van der Waals surface area contributed by atoms with E-state index in [1.165, 1.54) is 6.08 Å². The summed E-state index contributed by atoms with van der Waals surface area (Å²) in [7, 11) is 1.63. The Balaban J connectivity index is 2.36. The molecule has 0 unspecified atom stereocenters. The van der Waals surface area contributed by atoms with Gasteiger partial charge in [0.2, 0.25) is 0 Å². The van der Waals surface area contributed by atoms with Crippen LogP contribution in [0, 0.1) is 11.3 Å². The third-order valence-corrected chi connectivity index (χ3v) is 3.03. The quantitative estimate of drug-likeness (QED) is 0.690. The van der Waals surface area contributed by atoms with Crippen molar-refractivity contribution < 1.29 is 9.53 Å². The highest BCUT2D eigenvalue weighted by Gasteiger charge is 2.06. The van der Waals surface area contributed by atoms with Gasteiger partial charge in [0.1, 0.15) is 17.4 Å². The first-order valence-corrected chi connectivity index (χ1v) is 6.30. The number of primary amides is 1. The number of ether oxygens (including phenoxy) is 1. The molecule has 2 rings (SSSR count). The van der Waals surface area contributed by atoms with E-state index in [9.17, 15) is 4.79 Å². The molecule has 0 aliphatic heterocycles. The van der Waals surface area contributed by atoms with Crippen LogP contribution in [0.3, 0.4) is 0 Å². The second-order valence-corrected chi connectivity index (χ2v) is 4.36. The summed E-state index contributed by atoms with van der Waals surface area (Å²) in [6.45, 7) is 0. The number of nitrogens with zero attached hydrogens (tertiary/aromatic N) is 1. The predicted octanol–water partition coefficient (Wildman–Crippen LogP) is 2.75. The summed E-state index contributed by atoms with van der Waals surface area (Å²) in [6.07, 6.45) is 1.47. The molecule has 0 atom stereocenters. The molecule has 0 heterocycles. The number of carbonyl (C=O) groups excluding carboxylic acids is 1. The lowest BCUT2D eigenvalue weighted by molar-refractivity contribution is -0.114. The summed E-state index contributed by atoms with van der Waals surface area (Å²) in [5.41, 5.74) is 7.74. The smallest absolute Gasteiger partial charge is 0.259 e. The summed E-state index contributed by atoms with van der Waals surface area (Å²) in [5.74, 6) is 0.0574. The Hall–Kier alpha value is -3.06. The minimum absolute atomic E-state index is 0.0694. The minimum atomic E-state index is -0.730. The summed E-state index contributed by atoms with van der Waals surface area (Å²) in [6, 6.07) is 16.9. The molecule has 0 fully saturated rings. The summed E-state index contributed by atoms with van der Waals surface area (Å²) in [4.78, 5) is 11.0. The Labute approximate surface area is 123 Å². The standard InChI is InChI=1S/C17H14N2O2/c1-21-16-5-3-2-4-15(16)13-8-6-12(7-9-13)10-14(11-18)17(19)20/h2-10H,1H3,(H2,19,20). The van der Waals surface area contributed by atoms with E-state index < -0.39 is 5.91 Å². The molecule has 0 bridgehead atoms. The molecule has 4 nitrogen and oxygen atoms in total. The Morgan fingerprint density at radius 3 is 2.43 bits per heavy atom. The lowest BCUT2D eigenvalue weighted by atomic mass is 10.0. The molecule has 0 radical (unpaired) electrons. The second kappa shape index (κ2) is 6.40. The van der Waals surface area contributed by atoms with Crippen LogP contribution in [-0.2, 0) is 4.79 Å². The van der Waals surface area contributed by atoms with Crippen LogP contribution in [0.15, 0.2) is 54.1 Å². The lowest BCUT2D eigenvalue weighted by Gasteiger charge is -2.08. The number of amides is 1. The predicted molar refractivity (Wildman–Crippen MR) is 81.2 cm³/mol. The maximum atomic E-state index is 11.0. The van der Waals surface area contributed by atoms with E-state index >= 15 is 0 Å². The van der Waals surface area contributed by atoms with E-state index in [-0.39, 0.29) is 5.57 Å². The summed E-state index contributed by atoms with van der Waals surface area (Å²) < 4.78 is 5.33. The highest BCUT2D eigenvalue weighted by molar-refractivity contribution is 6.00. The van der Waals surface area contributed by atoms with Crippen molar-refractivity contribution >= 4 is 12.0 Å². The van der Waals surface area contributed by atoms with Gasteiger partial charge in [-0.05, 0) is 23.3 Å². The van der Waals surface area contributed by atoms with Crippen LogP contribution >= 0.6 is 0 Å². The van der Waals surface area contributed by atoms with Crippen LogP contribution in [0.5, 0.6) is 5.75 Å². The molecular weight excluding hydrogens is 264 g/mol. The number of methoxy groups -OCH3 is 1. The lowest BCUT2D eigenvalue weighted by Crippen LogP contribution is -2.12. The highest BCUT2D eigenvalue weighted by Crippen LogP contribution is 2.29. The summed E-state index contributed by atoms with van der Waals surface area (Å²) >= 11 is 0. The molecule has 0 spiro atoms. The van der Waals surface area contributed by atoms with E-state index in [0.29, 0.717) is 0 Å². The molecule has 2 N–H and O–H groups in total.